The normalized spacial score (nSPS) is 10.6. The summed E-state index contributed by atoms with van der Waals surface area (Å²) in [6.45, 7) is -0.367. The van der Waals surface area contributed by atoms with Crippen molar-refractivity contribution < 1.29 is 9.90 Å². The largest absolute Gasteiger partial charge is 0.366 e. The summed E-state index contributed by atoms with van der Waals surface area (Å²) in [5, 5.41) is 10.6. The fraction of sp³-hybridized carbons (Fsp3) is 0.111. The molecule has 0 spiro atoms. The fourth-order valence-corrected chi connectivity index (χ4v) is 1.26. The third kappa shape index (κ3) is 1.33. The molecule has 0 fully saturated rings. The summed E-state index contributed by atoms with van der Waals surface area (Å²) in [6, 6.07) is 3.23. The van der Waals surface area contributed by atoms with E-state index in [-0.39, 0.29) is 6.61 Å². The highest BCUT2D eigenvalue weighted by molar-refractivity contribution is 5.92. The number of carbonyl (C=O) groups excluding carboxylic acids is 1. The van der Waals surface area contributed by atoms with Crippen molar-refractivity contribution in [3.05, 3.63) is 35.8 Å². The van der Waals surface area contributed by atoms with Crippen LogP contribution < -0.4 is 5.73 Å². The molecule has 0 saturated carbocycles. The summed E-state index contributed by atoms with van der Waals surface area (Å²) < 4.78 is 1.62. The molecule has 0 saturated heterocycles. The lowest BCUT2D eigenvalue weighted by Gasteiger charge is -1.95. The maximum Gasteiger partial charge on any atom is 0.250 e. The zero-order chi connectivity index (χ0) is 10.1. The molecular weight excluding hydrogens is 182 g/mol. The molecule has 71 valence electrons. The van der Waals surface area contributed by atoms with Gasteiger partial charge in [-0.15, -0.1) is 0 Å². The van der Waals surface area contributed by atoms with E-state index in [1.54, 1.807) is 28.9 Å². The predicted molar refractivity (Wildman–Crippen MR) is 48.1 cm³/mol. The van der Waals surface area contributed by atoms with E-state index in [0.29, 0.717) is 16.9 Å². The van der Waals surface area contributed by atoms with Crippen LogP contribution in [0.4, 0.5) is 0 Å². The maximum absolute atomic E-state index is 10.8. The molecule has 0 atom stereocenters. The van der Waals surface area contributed by atoms with Crippen LogP contribution in [0, 0.1) is 0 Å². The summed E-state index contributed by atoms with van der Waals surface area (Å²) in [7, 11) is 0. The van der Waals surface area contributed by atoms with Crippen LogP contribution in [0.15, 0.2) is 24.5 Å². The highest BCUT2D eigenvalue weighted by Crippen LogP contribution is 2.07. The predicted octanol–water partition coefficient (Wildman–Crippen LogP) is 0.364. The van der Waals surface area contributed by atoms with Gasteiger partial charge in [-0.25, -0.2) is 10.1 Å². The number of nitrogens with two attached hydrogens (primary N) is 1. The summed E-state index contributed by atoms with van der Waals surface area (Å²) in [5.74, 6) is -0.496. The monoisotopic (exact) mass is 190 g/mol. The van der Waals surface area contributed by atoms with Gasteiger partial charge < -0.3 is 10.1 Å². The molecule has 2 aromatic rings. The van der Waals surface area contributed by atoms with Gasteiger partial charge in [-0.05, 0) is 12.1 Å². The van der Waals surface area contributed by atoms with Crippen molar-refractivity contribution in [1.82, 2.24) is 9.38 Å². The number of primary amides is 1. The highest BCUT2D eigenvalue weighted by atomic mass is 16.3. The molecule has 14 heavy (non-hydrogen) atoms. The van der Waals surface area contributed by atoms with Gasteiger partial charge in [0.05, 0.1) is 11.3 Å². The second-order valence-electron chi connectivity index (χ2n) is 2.92. The molecule has 0 aromatic carbocycles. The molecule has 2 N–H and O–H groups in total. The fourth-order valence-electron chi connectivity index (χ4n) is 1.26. The minimum atomic E-state index is -0.496. The Kier molecular flexibility index (Phi) is 1.94. The van der Waals surface area contributed by atoms with Crippen LogP contribution >= 0.6 is 0 Å². The van der Waals surface area contributed by atoms with Gasteiger partial charge in [0.25, 0.3) is 0 Å². The lowest BCUT2D eigenvalue weighted by Crippen LogP contribution is -2.11. The number of imidazole rings is 1. The number of aromatic nitrogens is 2. The van der Waals surface area contributed by atoms with E-state index < -0.39 is 5.91 Å². The molecule has 0 unspecified atom stereocenters. The first-order valence-electron chi connectivity index (χ1n) is 4.06. The minimum Gasteiger partial charge on any atom is -0.366 e. The smallest absolute Gasteiger partial charge is 0.250 e. The lowest BCUT2D eigenvalue weighted by molar-refractivity contribution is 0.1000. The van der Waals surface area contributed by atoms with Gasteiger partial charge in [0.2, 0.25) is 5.91 Å². The van der Waals surface area contributed by atoms with E-state index in [9.17, 15) is 9.90 Å². The van der Waals surface area contributed by atoms with Gasteiger partial charge in [0.1, 0.15) is 12.3 Å². The van der Waals surface area contributed by atoms with E-state index in [1.807, 2.05) is 0 Å². The van der Waals surface area contributed by atoms with Crippen molar-refractivity contribution in [2.45, 2.75) is 6.61 Å². The summed E-state index contributed by atoms with van der Waals surface area (Å²) >= 11 is 0. The molecule has 1 radical (unpaired) electrons. The Labute approximate surface area is 79.8 Å². The first kappa shape index (κ1) is 8.71. The number of hydrogen-bond acceptors (Lipinski definition) is 2. The molecule has 2 rings (SSSR count). The lowest BCUT2D eigenvalue weighted by atomic mass is 10.3. The van der Waals surface area contributed by atoms with Crippen molar-refractivity contribution in [3.8, 4) is 0 Å². The van der Waals surface area contributed by atoms with Gasteiger partial charge in [0.15, 0.2) is 0 Å². The molecule has 2 heterocycles. The standard InChI is InChI=1S/C9H8N3O2/c10-9(14)6-1-2-8-11-7(5-13)4-12(8)3-6/h1-4H,5H2,(H2,10,14). The Morgan fingerprint density at radius 2 is 2.21 bits per heavy atom. The third-order valence-corrected chi connectivity index (χ3v) is 1.93. The average Bonchev–Trinajstić information content (AvgIpc) is 2.58. The Morgan fingerprint density at radius 1 is 1.43 bits per heavy atom. The third-order valence-electron chi connectivity index (χ3n) is 1.93. The number of amides is 1. The average molecular weight is 190 g/mol. The van der Waals surface area contributed by atoms with E-state index >= 15 is 0 Å². The van der Waals surface area contributed by atoms with Crippen molar-refractivity contribution in [2.75, 3.05) is 0 Å². The van der Waals surface area contributed by atoms with E-state index in [0.717, 1.165) is 0 Å². The molecule has 0 aliphatic carbocycles. The number of rotatable bonds is 2. The van der Waals surface area contributed by atoms with Crippen LogP contribution in [-0.2, 0) is 11.7 Å². The van der Waals surface area contributed by atoms with E-state index in [4.69, 9.17) is 5.73 Å². The van der Waals surface area contributed by atoms with Crippen LogP contribution in [-0.4, -0.2) is 15.3 Å². The van der Waals surface area contributed by atoms with Crippen molar-refractivity contribution >= 4 is 11.6 Å². The molecule has 0 aliphatic heterocycles. The van der Waals surface area contributed by atoms with Gasteiger partial charge in [0, 0.05) is 12.4 Å². The number of carbonyl (C=O) groups is 1. The SMILES string of the molecule is NC(=O)c1ccc2nc(C[O])cn2c1. The molecule has 0 aliphatic rings. The summed E-state index contributed by atoms with van der Waals surface area (Å²) in [6.07, 6.45) is 3.15. The van der Waals surface area contributed by atoms with Crippen LogP contribution in [0.3, 0.4) is 0 Å². The Bertz CT molecular complexity index is 490. The van der Waals surface area contributed by atoms with Crippen molar-refractivity contribution in [3.63, 3.8) is 0 Å². The number of fused-ring (bicyclic) bond motifs is 1. The van der Waals surface area contributed by atoms with E-state index in [2.05, 4.69) is 4.98 Å². The molecule has 1 amide bonds. The van der Waals surface area contributed by atoms with Gasteiger partial charge in [-0.2, -0.15) is 0 Å². The number of hydrogen-bond donors (Lipinski definition) is 1. The minimum absolute atomic E-state index is 0.367. The van der Waals surface area contributed by atoms with Gasteiger partial charge >= 0.3 is 0 Å². The maximum atomic E-state index is 10.8. The number of pyridine rings is 1. The topological polar surface area (TPSA) is 80.3 Å². The van der Waals surface area contributed by atoms with Crippen LogP contribution in [0.25, 0.3) is 5.65 Å². The second-order valence-corrected chi connectivity index (χ2v) is 2.92. The first-order chi connectivity index (χ1) is 6.70. The molecule has 0 bridgehead atoms. The number of nitrogens with zero attached hydrogens (tertiary/aromatic N) is 2. The summed E-state index contributed by atoms with van der Waals surface area (Å²) in [5.41, 5.74) is 6.60. The van der Waals surface area contributed by atoms with Gasteiger partial charge in [-0.3, -0.25) is 4.79 Å². The Hall–Kier alpha value is -1.88. The zero-order valence-corrected chi connectivity index (χ0v) is 7.30. The van der Waals surface area contributed by atoms with Crippen LogP contribution in [0.1, 0.15) is 16.1 Å². The molecular formula is C9H8N3O2. The van der Waals surface area contributed by atoms with Crippen LogP contribution in [0.5, 0.6) is 0 Å². The quantitative estimate of drug-likeness (QED) is 0.742. The zero-order valence-electron chi connectivity index (χ0n) is 7.30. The van der Waals surface area contributed by atoms with E-state index in [1.165, 1.54) is 0 Å². The van der Waals surface area contributed by atoms with Crippen LogP contribution in [0.2, 0.25) is 0 Å². The van der Waals surface area contributed by atoms with Crippen molar-refractivity contribution in [2.24, 2.45) is 5.73 Å². The highest BCUT2D eigenvalue weighted by Gasteiger charge is 2.04. The Balaban J connectivity index is 2.59. The summed E-state index contributed by atoms with van der Waals surface area (Å²) in [4.78, 5) is 14.9. The van der Waals surface area contributed by atoms with Gasteiger partial charge in [-0.1, -0.05) is 0 Å². The molecule has 5 heteroatoms. The molecule has 2 aromatic heterocycles. The second kappa shape index (κ2) is 3.12. The van der Waals surface area contributed by atoms with Crippen molar-refractivity contribution in [1.29, 1.82) is 0 Å². The Morgan fingerprint density at radius 3 is 2.86 bits per heavy atom. The first-order valence-corrected chi connectivity index (χ1v) is 4.06. The molecule has 5 nitrogen and oxygen atoms in total.